The third kappa shape index (κ3) is 1.72. The molecular weight excluding hydrogens is 174 g/mol. The second kappa shape index (κ2) is 2.80. The van der Waals surface area contributed by atoms with Crippen molar-refractivity contribution in [1.29, 1.82) is 0 Å². The molecule has 0 spiro atoms. The first-order valence-electron chi connectivity index (χ1n) is 4.27. The molecule has 2 rings (SSSR count). The van der Waals surface area contributed by atoms with Crippen molar-refractivity contribution in [2.24, 2.45) is 7.05 Å². The van der Waals surface area contributed by atoms with Gasteiger partial charge in [-0.3, -0.25) is 4.90 Å². The molecule has 0 unspecified atom stereocenters. The average Bonchev–Trinajstić information content (AvgIpc) is 2.33. The minimum Gasteiger partial charge on any atom is -0.353 e. The van der Waals surface area contributed by atoms with E-state index in [0.29, 0.717) is 6.54 Å². The predicted molar refractivity (Wildman–Crippen MR) is 45.6 cm³/mol. The molecule has 0 aliphatic carbocycles. The van der Waals surface area contributed by atoms with Gasteiger partial charge in [-0.05, 0) is 12.1 Å². The van der Waals surface area contributed by atoms with Gasteiger partial charge in [-0.2, -0.15) is 0 Å². The average molecular weight is 186 g/mol. The number of aromatic nitrogens is 1. The highest BCUT2D eigenvalue weighted by Gasteiger charge is 2.43. The van der Waals surface area contributed by atoms with E-state index in [9.17, 15) is 8.78 Å². The van der Waals surface area contributed by atoms with Crippen LogP contribution in [0.1, 0.15) is 5.69 Å². The van der Waals surface area contributed by atoms with E-state index in [4.69, 9.17) is 0 Å². The minimum atomic E-state index is -2.45. The SMILES string of the molecule is Cn1cccc1CN1CC(F)(F)C1. The summed E-state index contributed by atoms with van der Waals surface area (Å²) in [6.07, 6.45) is 1.92. The van der Waals surface area contributed by atoms with Crippen molar-refractivity contribution in [3.05, 3.63) is 24.0 Å². The van der Waals surface area contributed by atoms with Crippen molar-refractivity contribution in [2.45, 2.75) is 12.5 Å². The van der Waals surface area contributed by atoms with Gasteiger partial charge in [0.15, 0.2) is 0 Å². The first kappa shape index (κ1) is 8.69. The van der Waals surface area contributed by atoms with Gasteiger partial charge in [0.1, 0.15) is 0 Å². The highest BCUT2D eigenvalue weighted by Crippen LogP contribution is 2.27. The summed E-state index contributed by atoms with van der Waals surface area (Å²) in [6, 6.07) is 3.88. The zero-order valence-corrected chi connectivity index (χ0v) is 7.50. The Morgan fingerprint density at radius 2 is 2.15 bits per heavy atom. The van der Waals surface area contributed by atoms with Crippen molar-refractivity contribution in [2.75, 3.05) is 13.1 Å². The molecule has 1 aliphatic rings. The molecule has 0 radical (unpaired) electrons. The molecule has 2 nitrogen and oxygen atoms in total. The van der Waals surface area contributed by atoms with E-state index >= 15 is 0 Å². The molecule has 1 aromatic rings. The van der Waals surface area contributed by atoms with Crippen LogP contribution in [0.5, 0.6) is 0 Å². The van der Waals surface area contributed by atoms with E-state index < -0.39 is 5.92 Å². The molecule has 13 heavy (non-hydrogen) atoms. The summed E-state index contributed by atoms with van der Waals surface area (Å²) in [6.45, 7) is 0.426. The zero-order valence-electron chi connectivity index (χ0n) is 7.50. The van der Waals surface area contributed by atoms with E-state index in [-0.39, 0.29) is 13.1 Å². The number of likely N-dealkylation sites (tertiary alicyclic amines) is 1. The lowest BCUT2D eigenvalue weighted by Crippen LogP contribution is -2.55. The van der Waals surface area contributed by atoms with Crippen LogP contribution in [0.25, 0.3) is 0 Å². The Balaban J connectivity index is 1.91. The van der Waals surface area contributed by atoms with E-state index in [0.717, 1.165) is 5.69 Å². The molecular formula is C9H12F2N2. The fourth-order valence-corrected chi connectivity index (χ4v) is 1.61. The lowest BCUT2D eigenvalue weighted by molar-refractivity contribution is -0.134. The second-order valence-corrected chi connectivity index (χ2v) is 3.61. The van der Waals surface area contributed by atoms with Crippen molar-refractivity contribution >= 4 is 0 Å². The van der Waals surface area contributed by atoms with E-state index in [2.05, 4.69) is 0 Å². The van der Waals surface area contributed by atoms with Gasteiger partial charge in [0.25, 0.3) is 5.92 Å². The maximum Gasteiger partial charge on any atom is 0.272 e. The van der Waals surface area contributed by atoms with Crippen molar-refractivity contribution in [1.82, 2.24) is 9.47 Å². The summed E-state index contributed by atoms with van der Waals surface area (Å²) in [5.41, 5.74) is 1.08. The Morgan fingerprint density at radius 1 is 1.46 bits per heavy atom. The molecule has 4 heteroatoms. The summed E-state index contributed by atoms with van der Waals surface area (Å²) in [5.74, 6) is -2.45. The number of rotatable bonds is 2. The van der Waals surface area contributed by atoms with Gasteiger partial charge >= 0.3 is 0 Å². The molecule has 0 bridgehead atoms. The number of halogens is 2. The van der Waals surface area contributed by atoms with Crippen molar-refractivity contribution in [3.63, 3.8) is 0 Å². The summed E-state index contributed by atoms with van der Waals surface area (Å²) in [4.78, 5) is 1.75. The molecule has 0 aromatic carbocycles. The van der Waals surface area contributed by atoms with E-state index in [1.807, 2.05) is 29.9 Å². The molecule has 72 valence electrons. The standard InChI is InChI=1S/C9H12F2N2/c1-12-4-2-3-8(12)5-13-6-9(10,11)7-13/h2-4H,5-7H2,1H3. The number of aryl methyl sites for hydroxylation is 1. The maximum absolute atomic E-state index is 12.5. The van der Waals surface area contributed by atoms with Gasteiger partial charge in [-0.25, -0.2) is 8.78 Å². The second-order valence-electron chi connectivity index (χ2n) is 3.61. The van der Waals surface area contributed by atoms with Gasteiger partial charge < -0.3 is 4.57 Å². The monoisotopic (exact) mass is 186 g/mol. The number of nitrogens with zero attached hydrogens (tertiary/aromatic N) is 2. The van der Waals surface area contributed by atoms with Crippen LogP contribution in [0.3, 0.4) is 0 Å². The fourth-order valence-electron chi connectivity index (χ4n) is 1.61. The van der Waals surface area contributed by atoms with Crippen LogP contribution in [-0.2, 0) is 13.6 Å². The molecule has 0 atom stereocenters. The first-order chi connectivity index (χ1) is 6.07. The minimum absolute atomic E-state index is 0.0990. The van der Waals surface area contributed by atoms with Crippen LogP contribution in [0, 0.1) is 0 Å². The third-order valence-electron chi connectivity index (χ3n) is 2.35. The summed E-state index contributed by atoms with van der Waals surface area (Å²) < 4.78 is 26.9. The maximum atomic E-state index is 12.5. The third-order valence-corrected chi connectivity index (χ3v) is 2.35. The van der Waals surface area contributed by atoms with Gasteiger partial charge in [0.2, 0.25) is 0 Å². The number of hydrogen-bond donors (Lipinski definition) is 0. The molecule has 1 saturated heterocycles. The summed E-state index contributed by atoms with van der Waals surface area (Å²) >= 11 is 0. The zero-order chi connectivity index (χ0) is 9.47. The van der Waals surface area contributed by atoms with Crippen LogP contribution < -0.4 is 0 Å². The van der Waals surface area contributed by atoms with Crippen LogP contribution >= 0.6 is 0 Å². The topological polar surface area (TPSA) is 8.17 Å². The molecule has 0 saturated carbocycles. The van der Waals surface area contributed by atoms with Crippen LogP contribution in [-0.4, -0.2) is 28.5 Å². The van der Waals surface area contributed by atoms with E-state index in [1.54, 1.807) is 4.90 Å². The molecule has 1 aromatic heterocycles. The smallest absolute Gasteiger partial charge is 0.272 e. The number of alkyl halides is 2. The predicted octanol–water partition coefficient (Wildman–Crippen LogP) is 1.48. The quantitative estimate of drug-likeness (QED) is 0.679. The Morgan fingerprint density at radius 3 is 2.62 bits per heavy atom. The van der Waals surface area contributed by atoms with Crippen molar-refractivity contribution in [3.8, 4) is 0 Å². The van der Waals surface area contributed by atoms with E-state index in [1.165, 1.54) is 0 Å². The normalized spacial score (nSPS) is 21.5. The Hall–Kier alpha value is -0.900. The first-order valence-corrected chi connectivity index (χ1v) is 4.27. The molecule has 1 aliphatic heterocycles. The molecule has 0 amide bonds. The molecule has 2 heterocycles. The van der Waals surface area contributed by atoms with Gasteiger partial charge in [-0.15, -0.1) is 0 Å². The van der Waals surface area contributed by atoms with Crippen LogP contribution in [0.15, 0.2) is 18.3 Å². The lowest BCUT2D eigenvalue weighted by atomic mass is 10.1. The molecule has 1 fully saturated rings. The number of hydrogen-bond acceptors (Lipinski definition) is 1. The summed E-state index contributed by atoms with van der Waals surface area (Å²) in [5, 5.41) is 0. The highest BCUT2D eigenvalue weighted by atomic mass is 19.3. The van der Waals surface area contributed by atoms with Gasteiger partial charge in [0.05, 0.1) is 13.1 Å². The van der Waals surface area contributed by atoms with Crippen molar-refractivity contribution < 1.29 is 8.78 Å². The van der Waals surface area contributed by atoms with Gasteiger partial charge in [-0.1, -0.05) is 0 Å². The summed E-state index contributed by atoms with van der Waals surface area (Å²) in [7, 11) is 1.92. The largest absolute Gasteiger partial charge is 0.353 e. The molecule has 0 N–H and O–H groups in total. The Labute approximate surface area is 75.8 Å². The fraction of sp³-hybridized carbons (Fsp3) is 0.556. The Kier molecular flexibility index (Phi) is 1.87. The van der Waals surface area contributed by atoms with Crippen LogP contribution in [0.4, 0.5) is 8.78 Å². The van der Waals surface area contributed by atoms with Gasteiger partial charge in [0, 0.05) is 25.5 Å². The lowest BCUT2D eigenvalue weighted by Gasteiger charge is -2.38. The van der Waals surface area contributed by atoms with Crippen LogP contribution in [0.2, 0.25) is 0 Å². The highest BCUT2D eigenvalue weighted by molar-refractivity contribution is 5.07. The Bertz CT molecular complexity index is 298.